The Bertz CT molecular complexity index is 373. The third kappa shape index (κ3) is 2.83. The van der Waals surface area contributed by atoms with Crippen LogP contribution in [0, 0.1) is 0 Å². The van der Waals surface area contributed by atoms with Crippen LogP contribution in [0.5, 0.6) is 5.75 Å². The predicted octanol–water partition coefficient (Wildman–Crippen LogP) is 3.17. The van der Waals surface area contributed by atoms with Crippen molar-refractivity contribution in [2.75, 3.05) is 6.61 Å². The molecular weight excluding hydrogens is 272 g/mol. The maximum Gasteiger partial charge on any atom is 0.199 e. The van der Waals surface area contributed by atoms with Gasteiger partial charge in [0, 0.05) is 16.5 Å². The molecule has 2 rings (SSSR count). The fourth-order valence-corrected chi connectivity index (χ4v) is 1.98. The number of carbonyl (C=O) groups excluding carboxylic acids is 1. The second-order valence-corrected chi connectivity index (χ2v) is 4.57. The van der Waals surface area contributed by atoms with Crippen LogP contribution in [0.2, 0.25) is 0 Å². The van der Waals surface area contributed by atoms with Crippen LogP contribution in [0.4, 0.5) is 0 Å². The van der Waals surface area contributed by atoms with Crippen molar-refractivity contribution < 1.29 is 14.3 Å². The molecule has 1 aromatic carbocycles. The van der Waals surface area contributed by atoms with Crippen LogP contribution in [0.1, 0.15) is 29.6 Å². The van der Waals surface area contributed by atoms with E-state index >= 15 is 0 Å². The largest absolute Gasteiger partial charge is 0.465 e. The van der Waals surface area contributed by atoms with Crippen molar-refractivity contribution in [1.82, 2.24) is 0 Å². The molecule has 0 aromatic heterocycles. The summed E-state index contributed by atoms with van der Waals surface area (Å²) in [5.41, 5.74) is 0.591. The molecule has 0 amide bonds. The van der Waals surface area contributed by atoms with E-state index in [1.54, 1.807) is 6.07 Å². The summed E-state index contributed by atoms with van der Waals surface area (Å²) in [6.07, 6.45) is 3.77. The second kappa shape index (κ2) is 5.46. The number of aldehydes is 1. The van der Waals surface area contributed by atoms with Crippen molar-refractivity contribution in [2.24, 2.45) is 0 Å². The third-order valence-corrected chi connectivity index (χ3v) is 3.22. The van der Waals surface area contributed by atoms with Crippen LogP contribution >= 0.6 is 15.9 Å². The minimum absolute atomic E-state index is 0.172. The standard InChI is InChI=1S/C12H13BrO3/c13-11-5-4-10(7-9(11)8-14)16-12-3-1-2-6-15-12/h4-5,7-8,12H,1-3,6H2. The van der Waals surface area contributed by atoms with Gasteiger partial charge in [0.05, 0.1) is 6.61 Å². The molecular formula is C12H13BrO3. The first-order valence-electron chi connectivity index (χ1n) is 5.32. The maximum atomic E-state index is 10.8. The summed E-state index contributed by atoms with van der Waals surface area (Å²) in [6.45, 7) is 0.752. The van der Waals surface area contributed by atoms with E-state index in [0.717, 1.165) is 36.6 Å². The van der Waals surface area contributed by atoms with Gasteiger partial charge in [0.25, 0.3) is 0 Å². The van der Waals surface area contributed by atoms with E-state index in [4.69, 9.17) is 9.47 Å². The van der Waals surface area contributed by atoms with Crippen molar-refractivity contribution in [2.45, 2.75) is 25.6 Å². The maximum absolute atomic E-state index is 10.8. The van der Waals surface area contributed by atoms with E-state index in [9.17, 15) is 4.79 Å². The Balaban J connectivity index is 2.05. The van der Waals surface area contributed by atoms with Crippen LogP contribution in [-0.4, -0.2) is 19.2 Å². The first-order valence-corrected chi connectivity index (χ1v) is 6.12. The molecule has 0 bridgehead atoms. The molecule has 0 aliphatic carbocycles. The molecule has 3 nitrogen and oxygen atoms in total. The quantitative estimate of drug-likeness (QED) is 0.800. The van der Waals surface area contributed by atoms with E-state index < -0.39 is 0 Å². The fraction of sp³-hybridized carbons (Fsp3) is 0.417. The highest BCUT2D eigenvalue weighted by atomic mass is 79.9. The Hall–Kier alpha value is -0.870. The lowest BCUT2D eigenvalue weighted by molar-refractivity contribution is -0.105. The smallest absolute Gasteiger partial charge is 0.199 e. The normalized spacial score (nSPS) is 20.4. The molecule has 1 atom stereocenters. The van der Waals surface area contributed by atoms with Gasteiger partial charge >= 0.3 is 0 Å². The molecule has 0 radical (unpaired) electrons. The molecule has 0 spiro atoms. The van der Waals surface area contributed by atoms with Gasteiger partial charge in [0.2, 0.25) is 0 Å². The number of benzene rings is 1. The Morgan fingerprint density at radius 1 is 1.44 bits per heavy atom. The van der Waals surface area contributed by atoms with Crippen molar-refractivity contribution in [3.63, 3.8) is 0 Å². The highest BCUT2D eigenvalue weighted by Crippen LogP contribution is 2.24. The lowest BCUT2D eigenvalue weighted by Crippen LogP contribution is -2.25. The number of halogens is 1. The van der Waals surface area contributed by atoms with Crippen LogP contribution in [-0.2, 0) is 4.74 Å². The van der Waals surface area contributed by atoms with Gasteiger partial charge in [-0.1, -0.05) is 15.9 Å². The predicted molar refractivity (Wildman–Crippen MR) is 63.7 cm³/mol. The van der Waals surface area contributed by atoms with Gasteiger partial charge < -0.3 is 9.47 Å². The number of hydrogen-bond donors (Lipinski definition) is 0. The Morgan fingerprint density at radius 2 is 2.31 bits per heavy atom. The second-order valence-electron chi connectivity index (χ2n) is 3.72. The summed E-state index contributed by atoms with van der Waals surface area (Å²) in [4.78, 5) is 10.8. The van der Waals surface area contributed by atoms with Crippen LogP contribution in [0.3, 0.4) is 0 Å². The Labute approximate surface area is 103 Å². The molecule has 1 unspecified atom stereocenters. The summed E-state index contributed by atoms with van der Waals surface area (Å²) >= 11 is 3.30. The van der Waals surface area contributed by atoms with Crippen molar-refractivity contribution in [3.8, 4) is 5.75 Å². The van der Waals surface area contributed by atoms with Crippen molar-refractivity contribution in [3.05, 3.63) is 28.2 Å². The lowest BCUT2D eigenvalue weighted by atomic mass is 10.2. The van der Waals surface area contributed by atoms with E-state index in [1.165, 1.54) is 0 Å². The summed E-state index contributed by atoms with van der Waals surface area (Å²) < 4.78 is 11.9. The zero-order chi connectivity index (χ0) is 11.4. The molecule has 0 N–H and O–H groups in total. The molecule has 1 fully saturated rings. The first kappa shape index (κ1) is 11.6. The highest BCUT2D eigenvalue weighted by Gasteiger charge is 2.15. The van der Waals surface area contributed by atoms with Crippen molar-refractivity contribution in [1.29, 1.82) is 0 Å². The van der Waals surface area contributed by atoms with Gasteiger partial charge in [-0.2, -0.15) is 0 Å². The average molecular weight is 285 g/mol. The van der Waals surface area contributed by atoms with Gasteiger partial charge in [0.15, 0.2) is 12.6 Å². The lowest BCUT2D eigenvalue weighted by Gasteiger charge is -2.23. The topological polar surface area (TPSA) is 35.5 Å². The van der Waals surface area contributed by atoms with Crippen LogP contribution in [0.25, 0.3) is 0 Å². The minimum atomic E-state index is -0.172. The van der Waals surface area contributed by atoms with Gasteiger partial charge in [-0.15, -0.1) is 0 Å². The number of ether oxygens (including phenoxy) is 2. The zero-order valence-electron chi connectivity index (χ0n) is 8.82. The molecule has 4 heteroatoms. The summed E-state index contributed by atoms with van der Waals surface area (Å²) in [5.74, 6) is 0.678. The van der Waals surface area contributed by atoms with Crippen LogP contribution < -0.4 is 4.74 Å². The summed E-state index contributed by atoms with van der Waals surface area (Å²) in [7, 11) is 0. The highest BCUT2D eigenvalue weighted by molar-refractivity contribution is 9.10. The summed E-state index contributed by atoms with van der Waals surface area (Å²) in [6, 6.07) is 5.35. The molecule has 1 heterocycles. The Morgan fingerprint density at radius 3 is 3.00 bits per heavy atom. The fourth-order valence-electron chi connectivity index (χ4n) is 1.64. The first-order chi connectivity index (χ1) is 7.79. The Kier molecular flexibility index (Phi) is 3.96. The van der Waals surface area contributed by atoms with E-state index in [0.29, 0.717) is 11.3 Å². The van der Waals surface area contributed by atoms with Gasteiger partial charge in [-0.3, -0.25) is 4.79 Å². The van der Waals surface area contributed by atoms with E-state index in [-0.39, 0.29) is 6.29 Å². The third-order valence-electron chi connectivity index (χ3n) is 2.50. The SMILES string of the molecule is O=Cc1cc(OC2CCCCO2)ccc1Br. The van der Waals surface area contributed by atoms with Gasteiger partial charge in [-0.05, 0) is 31.0 Å². The number of carbonyl (C=O) groups is 1. The van der Waals surface area contributed by atoms with Crippen molar-refractivity contribution >= 4 is 22.2 Å². The van der Waals surface area contributed by atoms with Gasteiger partial charge in [0.1, 0.15) is 5.75 Å². The molecule has 1 saturated heterocycles. The molecule has 0 saturated carbocycles. The number of rotatable bonds is 3. The molecule has 16 heavy (non-hydrogen) atoms. The summed E-state index contributed by atoms with van der Waals surface area (Å²) in [5, 5.41) is 0. The molecule has 1 aromatic rings. The molecule has 86 valence electrons. The van der Waals surface area contributed by atoms with Crippen LogP contribution in [0.15, 0.2) is 22.7 Å². The van der Waals surface area contributed by atoms with E-state index in [1.807, 2.05) is 12.1 Å². The minimum Gasteiger partial charge on any atom is -0.465 e. The average Bonchev–Trinajstić information content (AvgIpc) is 2.33. The van der Waals surface area contributed by atoms with E-state index in [2.05, 4.69) is 15.9 Å². The number of hydrogen-bond acceptors (Lipinski definition) is 3. The zero-order valence-corrected chi connectivity index (χ0v) is 10.4. The monoisotopic (exact) mass is 284 g/mol. The molecule has 1 aliphatic rings. The van der Waals surface area contributed by atoms with Gasteiger partial charge in [-0.25, -0.2) is 0 Å². The molecule has 1 aliphatic heterocycles.